The molecule has 7 nitrogen and oxygen atoms in total. The van der Waals surface area contributed by atoms with E-state index in [0.717, 1.165) is 31.0 Å². The normalized spacial score (nSPS) is 21.1. The van der Waals surface area contributed by atoms with Crippen LogP contribution < -0.4 is 10.1 Å². The molecule has 1 aromatic rings. The Bertz CT molecular complexity index is 952. The molecule has 2 atom stereocenters. The number of hydrogen-bond donors (Lipinski definition) is 1. The third-order valence-corrected chi connectivity index (χ3v) is 7.49. The summed E-state index contributed by atoms with van der Waals surface area (Å²) in [4.78, 5) is 27.4. The fraction of sp³-hybridized carbons (Fsp3) is 0.520. The van der Waals surface area contributed by atoms with E-state index in [-0.39, 0.29) is 12.0 Å². The van der Waals surface area contributed by atoms with Gasteiger partial charge in [-0.1, -0.05) is 35.4 Å². The van der Waals surface area contributed by atoms with Crippen LogP contribution in [0.1, 0.15) is 20.3 Å². The van der Waals surface area contributed by atoms with E-state index in [1.165, 1.54) is 18.9 Å². The van der Waals surface area contributed by atoms with E-state index in [1.807, 2.05) is 24.3 Å². The van der Waals surface area contributed by atoms with Gasteiger partial charge in [-0.05, 0) is 50.5 Å². The Hall–Kier alpha value is -1.71. The van der Waals surface area contributed by atoms with E-state index in [2.05, 4.69) is 10.2 Å². The zero-order valence-corrected chi connectivity index (χ0v) is 22.5. The Labute approximate surface area is 221 Å². The van der Waals surface area contributed by atoms with E-state index in [9.17, 15) is 9.59 Å². The second kappa shape index (κ2) is 13.0. The number of allylic oxidation sites excluding steroid dienone is 3. The smallest absolute Gasteiger partial charge is 0.349 e. The quantitative estimate of drug-likeness (QED) is 0.350. The first-order valence-electron chi connectivity index (χ1n) is 11.5. The van der Waals surface area contributed by atoms with Crippen LogP contribution in [0.2, 0.25) is 0 Å². The van der Waals surface area contributed by atoms with Crippen LogP contribution in [-0.2, 0) is 19.1 Å². The van der Waals surface area contributed by atoms with Gasteiger partial charge in [0.25, 0.3) is 0 Å². The van der Waals surface area contributed by atoms with E-state index < -0.39 is 11.6 Å². The van der Waals surface area contributed by atoms with Gasteiger partial charge in [0.15, 0.2) is 5.60 Å². The molecule has 2 aliphatic rings. The molecule has 1 saturated heterocycles. The molecule has 1 unspecified atom stereocenters. The summed E-state index contributed by atoms with van der Waals surface area (Å²) in [6.07, 6.45) is 4.82. The van der Waals surface area contributed by atoms with Crippen LogP contribution in [0.4, 0.5) is 0 Å². The zero-order valence-electron chi connectivity index (χ0n) is 20.2. The molecule has 1 aromatic carbocycles. The highest BCUT2D eigenvalue weighted by Gasteiger charge is 2.31. The van der Waals surface area contributed by atoms with Gasteiger partial charge in [0.2, 0.25) is 5.91 Å². The summed E-state index contributed by atoms with van der Waals surface area (Å²) in [7, 11) is 1.33. The topological polar surface area (TPSA) is 77.1 Å². The van der Waals surface area contributed by atoms with Crippen LogP contribution in [0.15, 0.2) is 51.4 Å². The number of amides is 1. The van der Waals surface area contributed by atoms with Crippen molar-refractivity contribution in [2.24, 2.45) is 5.92 Å². The Morgan fingerprint density at radius 1 is 1.23 bits per heavy atom. The molecular formula is C25H32Cl2N2O5S. The second-order valence-electron chi connectivity index (χ2n) is 8.98. The number of hydrogen-bond acceptors (Lipinski definition) is 7. The molecule has 10 heteroatoms. The molecule has 3 rings (SSSR count). The lowest BCUT2D eigenvalue weighted by Gasteiger charge is -2.35. The van der Waals surface area contributed by atoms with Gasteiger partial charge < -0.3 is 19.5 Å². The van der Waals surface area contributed by atoms with Crippen LogP contribution in [0.25, 0.3) is 0 Å². The van der Waals surface area contributed by atoms with E-state index >= 15 is 0 Å². The second-order valence-corrected chi connectivity index (χ2v) is 10.8. The monoisotopic (exact) mass is 542 g/mol. The zero-order chi connectivity index (χ0) is 25.4. The first-order chi connectivity index (χ1) is 16.7. The number of esters is 1. The summed E-state index contributed by atoms with van der Waals surface area (Å²) >= 11 is 13.6. The molecule has 0 spiro atoms. The standard InChI is InChI=1S/C25H32Cl2N2O5S/c1-25(2,24(31)32-3)34-18-5-7-20(8-6-18)35-16-23(30)28-13-19-15-29(10-11-33-19)14-17-4-9-21(26)22(27)12-17/h5-9,12,17,19H,4,10-11,13-16H2,1-3H3,(H,28,30)/t17?,19-/m0/s1. The lowest BCUT2D eigenvalue weighted by molar-refractivity contribution is -0.156. The number of benzene rings is 1. The number of nitrogens with zero attached hydrogens (tertiary/aromatic N) is 1. The Kier molecular flexibility index (Phi) is 10.4. The molecular weight excluding hydrogens is 511 g/mol. The van der Waals surface area contributed by atoms with Crippen molar-refractivity contribution in [3.05, 3.63) is 46.5 Å². The van der Waals surface area contributed by atoms with Crippen molar-refractivity contribution in [1.82, 2.24) is 10.2 Å². The van der Waals surface area contributed by atoms with Crippen molar-refractivity contribution in [3.63, 3.8) is 0 Å². The number of rotatable bonds is 10. The average molecular weight is 544 g/mol. The van der Waals surface area contributed by atoms with Gasteiger partial charge in [-0.3, -0.25) is 9.69 Å². The number of halogens is 2. The van der Waals surface area contributed by atoms with Crippen LogP contribution in [0, 0.1) is 5.92 Å². The molecule has 1 N–H and O–H groups in total. The van der Waals surface area contributed by atoms with Gasteiger partial charge in [0.1, 0.15) is 5.75 Å². The number of carbonyl (C=O) groups is 2. The number of morpholine rings is 1. The van der Waals surface area contributed by atoms with Gasteiger partial charge in [-0.2, -0.15) is 0 Å². The van der Waals surface area contributed by atoms with Crippen molar-refractivity contribution in [2.75, 3.05) is 45.6 Å². The van der Waals surface area contributed by atoms with Crippen molar-refractivity contribution in [2.45, 2.75) is 36.9 Å². The number of methoxy groups -OCH3 is 1. The largest absolute Gasteiger partial charge is 0.476 e. The highest BCUT2D eigenvalue weighted by atomic mass is 35.5. The van der Waals surface area contributed by atoms with Crippen molar-refractivity contribution >= 4 is 46.8 Å². The summed E-state index contributed by atoms with van der Waals surface area (Å²) in [5, 5.41) is 4.21. The summed E-state index contributed by atoms with van der Waals surface area (Å²) in [6.45, 7) is 6.91. The molecule has 35 heavy (non-hydrogen) atoms. The van der Waals surface area contributed by atoms with Crippen LogP contribution in [0.3, 0.4) is 0 Å². The maximum atomic E-state index is 12.4. The minimum atomic E-state index is -1.08. The lowest BCUT2D eigenvalue weighted by Crippen LogP contribution is -2.48. The SMILES string of the molecule is COC(=O)C(C)(C)Oc1ccc(SCC(=O)NC[C@H]2CN(CC3C=C(Cl)C(Cl)=CC3)CCO2)cc1. The third kappa shape index (κ3) is 8.72. The van der Waals surface area contributed by atoms with Crippen LogP contribution in [0.5, 0.6) is 5.75 Å². The molecule has 1 fully saturated rings. The van der Waals surface area contributed by atoms with E-state index in [1.54, 1.807) is 26.0 Å². The molecule has 0 bridgehead atoms. The highest BCUT2D eigenvalue weighted by molar-refractivity contribution is 8.00. The average Bonchev–Trinajstić information content (AvgIpc) is 2.84. The number of nitrogens with one attached hydrogen (secondary N) is 1. The highest BCUT2D eigenvalue weighted by Crippen LogP contribution is 2.29. The maximum absolute atomic E-state index is 12.4. The Balaban J connectivity index is 1.37. The Morgan fingerprint density at radius 3 is 2.66 bits per heavy atom. The Morgan fingerprint density at radius 2 is 1.97 bits per heavy atom. The summed E-state index contributed by atoms with van der Waals surface area (Å²) in [5.74, 6) is 0.680. The molecule has 0 aromatic heterocycles. The molecule has 1 heterocycles. The van der Waals surface area contributed by atoms with Crippen LogP contribution >= 0.6 is 35.0 Å². The van der Waals surface area contributed by atoms with Crippen LogP contribution in [-0.4, -0.2) is 74.1 Å². The van der Waals surface area contributed by atoms with Gasteiger partial charge >= 0.3 is 5.97 Å². The molecule has 1 aliphatic carbocycles. The van der Waals surface area contributed by atoms with Gasteiger partial charge in [0.05, 0.1) is 35.6 Å². The molecule has 1 amide bonds. The van der Waals surface area contributed by atoms with Gasteiger partial charge in [0, 0.05) is 31.1 Å². The minimum Gasteiger partial charge on any atom is -0.476 e. The van der Waals surface area contributed by atoms with E-state index in [4.69, 9.17) is 37.4 Å². The molecule has 0 radical (unpaired) electrons. The predicted molar refractivity (Wildman–Crippen MR) is 139 cm³/mol. The van der Waals surface area contributed by atoms with Crippen molar-refractivity contribution < 1.29 is 23.8 Å². The van der Waals surface area contributed by atoms with Crippen molar-refractivity contribution in [1.29, 1.82) is 0 Å². The fourth-order valence-electron chi connectivity index (χ4n) is 3.85. The summed E-state index contributed by atoms with van der Waals surface area (Å²) < 4.78 is 16.3. The third-order valence-electron chi connectivity index (χ3n) is 5.70. The summed E-state index contributed by atoms with van der Waals surface area (Å²) in [6, 6.07) is 7.26. The molecule has 192 valence electrons. The van der Waals surface area contributed by atoms with Gasteiger partial charge in [-0.25, -0.2) is 4.79 Å². The lowest BCUT2D eigenvalue weighted by atomic mass is 9.99. The van der Waals surface area contributed by atoms with Gasteiger partial charge in [-0.15, -0.1) is 11.8 Å². The first kappa shape index (κ1) is 27.9. The maximum Gasteiger partial charge on any atom is 0.349 e. The summed E-state index contributed by atoms with van der Waals surface area (Å²) in [5.41, 5.74) is -1.08. The van der Waals surface area contributed by atoms with E-state index in [0.29, 0.717) is 40.6 Å². The predicted octanol–water partition coefficient (Wildman–Crippen LogP) is 4.19. The number of ether oxygens (including phenoxy) is 3. The fourth-order valence-corrected chi connectivity index (χ4v) is 4.98. The minimum absolute atomic E-state index is 0.0468. The number of thioether (sulfide) groups is 1. The first-order valence-corrected chi connectivity index (χ1v) is 13.2. The number of carbonyl (C=O) groups excluding carboxylic acids is 2. The van der Waals surface area contributed by atoms with Crippen molar-refractivity contribution in [3.8, 4) is 5.75 Å². The molecule has 0 saturated carbocycles. The molecule has 1 aliphatic heterocycles.